The van der Waals surface area contributed by atoms with Gasteiger partial charge in [0.2, 0.25) is 5.91 Å². The minimum absolute atomic E-state index is 0.0720. The van der Waals surface area contributed by atoms with Crippen molar-refractivity contribution in [1.82, 2.24) is 9.88 Å². The molecule has 0 aliphatic heterocycles. The first-order valence-corrected chi connectivity index (χ1v) is 11.9. The summed E-state index contributed by atoms with van der Waals surface area (Å²) in [4.78, 5) is 17.4. The van der Waals surface area contributed by atoms with Gasteiger partial charge in [0, 0.05) is 36.6 Å². The molecule has 12 heteroatoms. The molecule has 0 saturated carbocycles. The van der Waals surface area contributed by atoms with Crippen molar-refractivity contribution < 1.29 is 26.4 Å². The maximum absolute atomic E-state index is 13.2. The predicted octanol–water partition coefficient (Wildman–Crippen LogP) is 4.88. The van der Waals surface area contributed by atoms with Crippen molar-refractivity contribution >= 4 is 39.6 Å². The summed E-state index contributed by atoms with van der Waals surface area (Å²) >= 11 is 6.08. The lowest BCUT2D eigenvalue weighted by Crippen LogP contribution is -2.15. The number of aromatic nitrogens is 1. The summed E-state index contributed by atoms with van der Waals surface area (Å²) in [7, 11) is -1.26. The zero-order valence-corrected chi connectivity index (χ0v) is 20.1. The number of hydrogen-bond donors (Lipinski definition) is 1. The molecule has 2 aromatic carbocycles. The van der Waals surface area contributed by atoms with E-state index in [1.807, 2.05) is 0 Å². The van der Waals surface area contributed by atoms with Gasteiger partial charge >= 0.3 is 6.18 Å². The molecule has 1 aromatic heterocycles. The second-order valence-electron chi connectivity index (χ2n) is 7.61. The summed E-state index contributed by atoms with van der Waals surface area (Å²) < 4.78 is 69.2. The van der Waals surface area contributed by atoms with Gasteiger partial charge in [0.05, 0.1) is 17.7 Å². The Morgan fingerprint density at radius 3 is 2.51 bits per heavy atom. The lowest BCUT2D eigenvalue weighted by molar-refractivity contribution is -0.137. The average Bonchev–Trinajstić information content (AvgIpc) is 2.79. The van der Waals surface area contributed by atoms with E-state index in [-0.39, 0.29) is 23.4 Å². The van der Waals surface area contributed by atoms with E-state index in [4.69, 9.17) is 11.6 Å². The van der Waals surface area contributed by atoms with Crippen molar-refractivity contribution in [2.24, 2.45) is 4.40 Å². The fourth-order valence-electron chi connectivity index (χ4n) is 3.01. The molecule has 184 valence electrons. The third-order valence-electron chi connectivity index (χ3n) is 4.63. The molecule has 7 nitrogen and oxygen atoms in total. The SMILES string of the molecule is CN(C)C=NS(=O)(=O)c1cc(NC(=O)Cc2ccccc2Cl)ccc1-c1cc(C(F)(F)F)ccn1. The fourth-order valence-corrected chi connectivity index (χ4v) is 4.37. The van der Waals surface area contributed by atoms with Crippen molar-refractivity contribution in [3.8, 4) is 11.3 Å². The lowest BCUT2D eigenvalue weighted by Gasteiger charge is -2.13. The highest BCUT2D eigenvalue weighted by Crippen LogP contribution is 2.34. The van der Waals surface area contributed by atoms with Crippen LogP contribution >= 0.6 is 11.6 Å². The van der Waals surface area contributed by atoms with Crippen molar-refractivity contribution in [1.29, 1.82) is 0 Å². The Kier molecular flexibility index (Phi) is 7.81. The second-order valence-corrected chi connectivity index (χ2v) is 9.62. The minimum atomic E-state index is -4.65. The fraction of sp³-hybridized carbons (Fsp3) is 0.174. The molecular formula is C23H20ClF3N4O3S. The predicted molar refractivity (Wildman–Crippen MR) is 128 cm³/mol. The number of benzene rings is 2. The number of nitrogens with zero attached hydrogens (tertiary/aromatic N) is 3. The van der Waals surface area contributed by atoms with Crippen LogP contribution in [0, 0.1) is 0 Å². The van der Waals surface area contributed by atoms with Gasteiger partial charge in [0.15, 0.2) is 0 Å². The lowest BCUT2D eigenvalue weighted by atomic mass is 10.1. The van der Waals surface area contributed by atoms with Crippen molar-refractivity contribution in [2.75, 3.05) is 19.4 Å². The summed E-state index contributed by atoms with van der Waals surface area (Å²) in [5.74, 6) is -0.469. The largest absolute Gasteiger partial charge is 0.416 e. The third kappa shape index (κ3) is 6.80. The molecule has 0 aliphatic carbocycles. The average molecular weight is 525 g/mol. The number of pyridine rings is 1. The number of amides is 1. The number of sulfonamides is 1. The van der Waals surface area contributed by atoms with Crippen molar-refractivity contribution in [3.05, 3.63) is 76.9 Å². The maximum Gasteiger partial charge on any atom is 0.416 e. The quantitative estimate of drug-likeness (QED) is 0.351. The molecule has 1 N–H and O–H groups in total. The standard InChI is InChI=1S/C23H20ClF3N4O3S/c1-31(2)14-29-35(33,34)21-13-17(30-22(32)11-15-5-3-4-6-19(15)24)7-8-18(21)20-12-16(9-10-28-20)23(25,26)27/h3-10,12-14H,11H2,1-2H3,(H,30,32). The summed E-state index contributed by atoms with van der Waals surface area (Å²) in [5, 5.41) is 2.98. The Labute approximate surface area is 205 Å². The van der Waals surface area contributed by atoms with Crippen molar-refractivity contribution in [3.63, 3.8) is 0 Å². The van der Waals surface area contributed by atoms with Crippen LogP contribution in [0.1, 0.15) is 11.1 Å². The molecule has 0 unspecified atom stereocenters. The molecule has 0 atom stereocenters. The van der Waals surface area contributed by atoms with Crippen LogP contribution in [0.5, 0.6) is 0 Å². The second kappa shape index (κ2) is 10.4. The highest BCUT2D eigenvalue weighted by molar-refractivity contribution is 7.90. The molecular weight excluding hydrogens is 505 g/mol. The zero-order chi connectivity index (χ0) is 25.8. The smallest absolute Gasteiger partial charge is 0.368 e. The van der Waals surface area contributed by atoms with Gasteiger partial charge in [-0.1, -0.05) is 29.8 Å². The number of carbonyl (C=O) groups is 1. The maximum atomic E-state index is 13.2. The number of hydrogen-bond acceptors (Lipinski definition) is 4. The van der Waals surface area contributed by atoms with Crippen LogP contribution in [0.25, 0.3) is 11.3 Å². The van der Waals surface area contributed by atoms with Crippen LogP contribution in [0.3, 0.4) is 0 Å². The summed E-state index contributed by atoms with van der Waals surface area (Å²) in [6.07, 6.45) is -2.73. The molecule has 0 bridgehead atoms. The van der Waals surface area contributed by atoms with Gasteiger partial charge < -0.3 is 10.2 Å². The van der Waals surface area contributed by atoms with E-state index in [1.165, 1.54) is 17.0 Å². The number of rotatable bonds is 7. The number of anilines is 1. The van der Waals surface area contributed by atoms with E-state index in [0.717, 1.165) is 30.7 Å². The van der Waals surface area contributed by atoms with Crippen LogP contribution in [0.15, 0.2) is 70.1 Å². The Hall–Kier alpha value is -3.44. The number of halogens is 4. The van der Waals surface area contributed by atoms with E-state index >= 15 is 0 Å². The molecule has 1 amide bonds. The summed E-state index contributed by atoms with van der Waals surface area (Å²) in [6, 6.07) is 12.1. The first-order chi connectivity index (χ1) is 16.4. The summed E-state index contributed by atoms with van der Waals surface area (Å²) in [5.41, 5.74) is -0.625. The Bertz CT molecular complexity index is 1380. The van der Waals surface area contributed by atoms with Gasteiger partial charge in [-0.25, -0.2) is 0 Å². The van der Waals surface area contributed by atoms with Gasteiger partial charge in [0.1, 0.15) is 11.2 Å². The summed E-state index contributed by atoms with van der Waals surface area (Å²) in [6.45, 7) is 0. The minimum Gasteiger partial charge on any atom is -0.368 e. The molecule has 1 heterocycles. The van der Waals surface area contributed by atoms with E-state index in [1.54, 1.807) is 38.4 Å². The monoisotopic (exact) mass is 524 g/mol. The van der Waals surface area contributed by atoms with E-state index in [0.29, 0.717) is 10.6 Å². The molecule has 35 heavy (non-hydrogen) atoms. The molecule has 0 spiro atoms. The van der Waals surface area contributed by atoms with E-state index in [9.17, 15) is 26.4 Å². The zero-order valence-electron chi connectivity index (χ0n) is 18.5. The van der Waals surface area contributed by atoms with Gasteiger partial charge in [0.25, 0.3) is 10.0 Å². The van der Waals surface area contributed by atoms with Crippen LogP contribution in [-0.2, 0) is 27.4 Å². The molecule has 0 fully saturated rings. The Balaban J connectivity index is 2.04. The Morgan fingerprint density at radius 1 is 1.14 bits per heavy atom. The van der Waals surface area contributed by atoms with Gasteiger partial charge in [-0.3, -0.25) is 9.78 Å². The number of alkyl halides is 3. The van der Waals surface area contributed by atoms with Crippen LogP contribution in [0.4, 0.5) is 18.9 Å². The normalized spacial score (nSPS) is 12.1. The highest BCUT2D eigenvalue weighted by atomic mass is 35.5. The van der Waals surface area contributed by atoms with Crippen molar-refractivity contribution in [2.45, 2.75) is 17.5 Å². The molecule has 0 radical (unpaired) electrons. The topological polar surface area (TPSA) is 91.7 Å². The van der Waals surface area contributed by atoms with Crippen LogP contribution < -0.4 is 5.32 Å². The van der Waals surface area contributed by atoms with Gasteiger partial charge in [-0.15, -0.1) is 4.40 Å². The van der Waals surface area contributed by atoms with Crippen LogP contribution in [-0.4, -0.2) is 44.6 Å². The van der Waals surface area contributed by atoms with E-state index < -0.39 is 32.6 Å². The van der Waals surface area contributed by atoms with Gasteiger partial charge in [-0.2, -0.15) is 21.6 Å². The molecule has 3 rings (SSSR count). The first-order valence-electron chi connectivity index (χ1n) is 10.0. The molecule has 0 saturated heterocycles. The van der Waals surface area contributed by atoms with Gasteiger partial charge in [-0.05, 0) is 42.0 Å². The van der Waals surface area contributed by atoms with E-state index in [2.05, 4.69) is 14.7 Å². The highest BCUT2D eigenvalue weighted by Gasteiger charge is 2.31. The third-order valence-corrected chi connectivity index (χ3v) is 6.27. The number of nitrogens with one attached hydrogen (secondary N) is 1. The molecule has 0 aliphatic rings. The first kappa shape index (κ1) is 26.2. The molecule has 3 aromatic rings. The Morgan fingerprint density at radius 2 is 1.86 bits per heavy atom. The number of carbonyl (C=O) groups excluding carboxylic acids is 1. The van der Waals surface area contributed by atoms with Crippen LogP contribution in [0.2, 0.25) is 5.02 Å².